The molecule has 5 aliphatic rings. The number of hydrogen-bond acceptors (Lipinski definition) is 9. The number of anilines is 1. The number of rotatable bonds is 6. The molecule has 11 heteroatoms. The number of likely N-dealkylation sites (N-methyl/N-ethyl adjacent to an activating group) is 2. The van der Waals surface area contributed by atoms with Crippen LogP contribution < -0.4 is 15.4 Å². The van der Waals surface area contributed by atoms with Gasteiger partial charge in [0.1, 0.15) is 17.5 Å². The molecule has 1 saturated carbocycles. The summed E-state index contributed by atoms with van der Waals surface area (Å²) in [4.78, 5) is 42.8. The van der Waals surface area contributed by atoms with Crippen LogP contribution in [-0.2, 0) is 16.0 Å². The molecule has 222 valence electrons. The topological polar surface area (TPSA) is 111 Å². The number of fused-ring (bicyclic) bond motifs is 2. The summed E-state index contributed by atoms with van der Waals surface area (Å²) in [5.41, 5.74) is 1.62. The number of nitrogens with one attached hydrogen (secondary N) is 2. The predicted molar refractivity (Wildman–Crippen MR) is 158 cm³/mol. The molecule has 4 aliphatic heterocycles. The smallest absolute Gasteiger partial charge is 0.251 e. The fourth-order valence-corrected chi connectivity index (χ4v) is 7.05. The number of ether oxygens (including phenoxy) is 2. The normalized spacial score (nSPS) is 30.5. The lowest BCUT2D eigenvalue weighted by atomic mass is 9.87. The second-order valence-electron chi connectivity index (χ2n) is 12.2. The summed E-state index contributed by atoms with van der Waals surface area (Å²) in [5, 5.41) is 6.45. The Kier molecular flexibility index (Phi) is 7.78. The van der Waals surface area contributed by atoms with E-state index < -0.39 is 5.54 Å². The van der Waals surface area contributed by atoms with E-state index in [2.05, 4.69) is 46.3 Å². The van der Waals surface area contributed by atoms with Crippen molar-refractivity contribution >= 4 is 29.7 Å². The Morgan fingerprint density at radius 1 is 1.20 bits per heavy atom. The van der Waals surface area contributed by atoms with E-state index in [0.29, 0.717) is 49.5 Å². The third-order valence-corrected chi connectivity index (χ3v) is 9.51. The zero-order chi connectivity index (χ0) is 28.7. The molecular formula is C30H43N7O4. The number of hydrogen-bond donors (Lipinski definition) is 2. The van der Waals surface area contributed by atoms with E-state index in [9.17, 15) is 9.59 Å². The summed E-state index contributed by atoms with van der Waals surface area (Å²) in [6.45, 7) is 7.51. The molecule has 6 rings (SSSR count). The first-order valence-corrected chi connectivity index (χ1v) is 15.1. The minimum absolute atomic E-state index is 0.0129. The summed E-state index contributed by atoms with van der Waals surface area (Å²) < 4.78 is 11.8. The standard InChI is InChI=1S/C30H43N7O4/c1-5-24-27(39)36(4)30(2)18-32-29(34-28(30)37(24)19-8-6-7-9-19)33-23-11-10-22(21-12-14-41-25(21)23)26(38)31-16-20-17-35(3)13-15-40-20/h10-11,18-20,24,28H,5-9,12-17H2,1-4H3,(H,31,38)(H,33,34)/t20-,24-,28?,30?/m1/s1. The van der Waals surface area contributed by atoms with Gasteiger partial charge in [-0.15, -0.1) is 0 Å². The number of amides is 2. The van der Waals surface area contributed by atoms with Crippen LogP contribution in [0.25, 0.3) is 0 Å². The SMILES string of the molecule is CC[C@@H]1C(=O)N(C)C2(C)C=NC(Nc3ccc(C(=O)NC[C@@H]4CN(C)CCO4)c4c3OCC4)=NC2N1C1CCCC1. The highest BCUT2D eigenvalue weighted by Gasteiger charge is 2.55. The molecule has 0 aromatic heterocycles. The van der Waals surface area contributed by atoms with Gasteiger partial charge in [-0.3, -0.25) is 14.5 Å². The lowest BCUT2D eigenvalue weighted by Gasteiger charge is -2.55. The summed E-state index contributed by atoms with van der Waals surface area (Å²) in [6.07, 6.45) is 7.56. The number of piperazine rings is 1. The van der Waals surface area contributed by atoms with Gasteiger partial charge in [0.2, 0.25) is 11.9 Å². The second-order valence-corrected chi connectivity index (χ2v) is 12.2. The zero-order valence-corrected chi connectivity index (χ0v) is 24.7. The molecule has 2 amide bonds. The predicted octanol–water partition coefficient (Wildman–Crippen LogP) is 2.11. The molecule has 0 radical (unpaired) electrons. The van der Waals surface area contributed by atoms with E-state index in [4.69, 9.17) is 14.5 Å². The first kappa shape index (κ1) is 28.1. The van der Waals surface area contributed by atoms with Gasteiger partial charge in [-0.25, -0.2) is 9.98 Å². The van der Waals surface area contributed by atoms with Gasteiger partial charge >= 0.3 is 0 Å². The molecule has 11 nitrogen and oxygen atoms in total. The van der Waals surface area contributed by atoms with Crippen molar-refractivity contribution < 1.29 is 19.1 Å². The molecule has 0 spiro atoms. The van der Waals surface area contributed by atoms with E-state index in [1.165, 1.54) is 12.8 Å². The molecule has 2 saturated heterocycles. The minimum atomic E-state index is -0.631. The highest BCUT2D eigenvalue weighted by atomic mass is 16.5. The highest BCUT2D eigenvalue weighted by Crippen LogP contribution is 2.40. The van der Waals surface area contributed by atoms with Crippen molar-refractivity contribution in [2.75, 3.05) is 52.3 Å². The van der Waals surface area contributed by atoms with Gasteiger partial charge in [0.25, 0.3) is 5.91 Å². The van der Waals surface area contributed by atoms with Crippen molar-refractivity contribution in [1.82, 2.24) is 20.0 Å². The fraction of sp³-hybridized carbons (Fsp3) is 0.667. The summed E-state index contributed by atoms with van der Waals surface area (Å²) >= 11 is 0. The van der Waals surface area contributed by atoms with Crippen LogP contribution in [-0.4, -0.2) is 116 Å². The quantitative estimate of drug-likeness (QED) is 0.544. The zero-order valence-electron chi connectivity index (χ0n) is 24.7. The van der Waals surface area contributed by atoms with Crippen molar-refractivity contribution in [2.45, 2.75) is 82.3 Å². The average Bonchev–Trinajstić information content (AvgIpc) is 3.68. The maximum absolute atomic E-state index is 13.4. The Balaban J connectivity index is 1.23. The van der Waals surface area contributed by atoms with Crippen molar-refractivity contribution in [3.05, 3.63) is 23.3 Å². The van der Waals surface area contributed by atoms with Crippen LogP contribution in [0.15, 0.2) is 22.1 Å². The lowest BCUT2D eigenvalue weighted by molar-refractivity contribution is -0.154. The van der Waals surface area contributed by atoms with Gasteiger partial charge in [0, 0.05) is 56.5 Å². The van der Waals surface area contributed by atoms with Gasteiger partial charge in [0.05, 0.1) is 31.0 Å². The Morgan fingerprint density at radius 2 is 2.00 bits per heavy atom. The van der Waals surface area contributed by atoms with Crippen LogP contribution in [0.4, 0.5) is 5.69 Å². The van der Waals surface area contributed by atoms with Crippen LogP contribution in [0.3, 0.4) is 0 Å². The number of guanidine groups is 1. The van der Waals surface area contributed by atoms with Gasteiger partial charge < -0.3 is 29.9 Å². The molecule has 41 heavy (non-hydrogen) atoms. The van der Waals surface area contributed by atoms with E-state index in [0.717, 1.165) is 43.6 Å². The molecular weight excluding hydrogens is 522 g/mol. The van der Waals surface area contributed by atoms with Gasteiger partial charge in [-0.1, -0.05) is 19.8 Å². The van der Waals surface area contributed by atoms with Crippen molar-refractivity contribution in [3.8, 4) is 5.75 Å². The van der Waals surface area contributed by atoms with Crippen LogP contribution in [0.1, 0.15) is 61.9 Å². The molecule has 2 unspecified atom stereocenters. The summed E-state index contributed by atoms with van der Waals surface area (Å²) in [6, 6.07) is 3.86. The van der Waals surface area contributed by atoms with Crippen molar-refractivity contribution in [2.24, 2.45) is 9.98 Å². The van der Waals surface area contributed by atoms with Crippen LogP contribution >= 0.6 is 0 Å². The molecule has 4 heterocycles. The number of nitrogens with zero attached hydrogens (tertiary/aromatic N) is 5. The number of benzene rings is 1. The Morgan fingerprint density at radius 3 is 2.76 bits per heavy atom. The third kappa shape index (κ3) is 5.12. The maximum Gasteiger partial charge on any atom is 0.251 e. The molecule has 0 bridgehead atoms. The summed E-state index contributed by atoms with van der Waals surface area (Å²) in [7, 11) is 3.93. The minimum Gasteiger partial charge on any atom is -0.491 e. The van der Waals surface area contributed by atoms with E-state index >= 15 is 0 Å². The van der Waals surface area contributed by atoms with E-state index in [1.807, 2.05) is 30.3 Å². The molecule has 1 aromatic carbocycles. The van der Waals surface area contributed by atoms with Crippen LogP contribution in [0.5, 0.6) is 5.75 Å². The lowest BCUT2D eigenvalue weighted by Crippen LogP contribution is -2.73. The van der Waals surface area contributed by atoms with Gasteiger partial charge in [-0.2, -0.15) is 0 Å². The fourth-order valence-electron chi connectivity index (χ4n) is 7.05. The largest absolute Gasteiger partial charge is 0.491 e. The Bertz CT molecular complexity index is 1250. The highest BCUT2D eigenvalue weighted by molar-refractivity contribution is 6.05. The Labute approximate surface area is 242 Å². The Hall–Kier alpha value is -3.02. The number of carbonyl (C=O) groups is 2. The van der Waals surface area contributed by atoms with E-state index in [-0.39, 0.29) is 30.1 Å². The van der Waals surface area contributed by atoms with Gasteiger partial charge in [-0.05, 0) is 45.4 Å². The second kappa shape index (κ2) is 11.3. The molecule has 1 aliphatic carbocycles. The molecule has 4 atom stereocenters. The average molecular weight is 566 g/mol. The monoisotopic (exact) mass is 565 g/mol. The first-order valence-electron chi connectivity index (χ1n) is 15.1. The van der Waals surface area contributed by atoms with Crippen LogP contribution in [0, 0.1) is 0 Å². The number of morpholine rings is 1. The number of carbonyl (C=O) groups excluding carboxylic acids is 2. The molecule has 3 fully saturated rings. The summed E-state index contributed by atoms with van der Waals surface area (Å²) in [5.74, 6) is 1.18. The first-order chi connectivity index (χ1) is 19.8. The van der Waals surface area contributed by atoms with Crippen molar-refractivity contribution in [1.29, 1.82) is 0 Å². The van der Waals surface area contributed by atoms with Gasteiger partial charge in [0.15, 0.2) is 0 Å². The van der Waals surface area contributed by atoms with Crippen molar-refractivity contribution in [3.63, 3.8) is 0 Å². The van der Waals surface area contributed by atoms with E-state index in [1.54, 1.807) is 0 Å². The maximum atomic E-state index is 13.4. The molecule has 1 aromatic rings. The third-order valence-electron chi connectivity index (χ3n) is 9.51. The van der Waals surface area contributed by atoms with Crippen LogP contribution in [0.2, 0.25) is 0 Å². The molecule has 2 N–H and O–H groups in total. The number of aliphatic imine (C=N–C) groups is 2.